The van der Waals surface area contributed by atoms with Crippen molar-refractivity contribution < 1.29 is 18.3 Å². The number of aromatic amines is 1. The lowest BCUT2D eigenvalue weighted by Crippen LogP contribution is -2.12. The van der Waals surface area contributed by atoms with Gasteiger partial charge in [0.15, 0.2) is 5.69 Å². The molecule has 1 aromatic heterocycles. The summed E-state index contributed by atoms with van der Waals surface area (Å²) in [4.78, 5) is 14.7. The van der Waals surface area contributed by atoms with Crippen LogP contribution in [-0.2, 0) is 10.0 Å². The lowest BCUT2D eigenvalue weighted by atomic mass is 10.2. The number of nitrogens with zero attached hydrogens (tertiary/aromatic N) is 2. The van der Waals surface area contributed by atoms with Crippen LogP contribution in [-0.4, -0.2) is 24.4 Å². The summed E-state index contributed by atoms with van der Waals surface area (Å²) in [5, 5.41) is 22.9. The molecule has 0 fully saturated rings. The topological polar surface area (TPSA) is 138 Å². The van der Waals surface area contributed by atoms with Crippen molar-refractivity contribution in [3.63, 3.8) is 0 Å². The van der Waals surface area contributed by atoms with Crippen molar-refractivity contribution in [1.82, 2.24) is 4.98 Å². The Bertz CT molecular complexity index is 1100. The summed E-state index contributed by atoms with van der Waals surface area (Å²) in [5.74, 6) is -0.910. The zero-order valence-electron chi connectivity index (χ0n) is 12.5. The molecule has 0 atom stereocenters. The van der Waals surface area contributed by atoms with E-state index in [0.29, 0.717) is 10.9 Å². The predicted molar refractivity (Wildman–Crippen MR) is 94.3 cm³/mol. The van der Waals surface area contributed by atoms with Crippen LogP contribution in [0.2, 0.25) is 0 Å². The highest BCUT2D eigenvalue weighted by atomic mass is 79.9. The molecule has 10 heteroatoms. The highest BCUT2D eigenvalue weighted by Gasteiger charge is 2.14. The fourth-order valence-corrected chi connectivity index (χ4v) is 3.18. The molecule has 3 rings (SSSR count). The summed E-state index contributed by atoms with van der Waals surface area (Å²) in [7, 11) is -3.83. The Balaban J connectivity index is 1.91. The van der Waals surface area contributed by atoms with E-state index in [1.54, 1.807) is 18.2 Å². The number of primary sulfonamides is 1. The van der Waals surface area contributed by atoms with Gasteiger partial charge in [-0.3, -0.25) is 4.79 Å². The van der Waals surface area contributed by atoms with Crippen LogP contribution < -0.4 is 5.14 Å². The number of amides is 1. The highest BCUT2D eigenvalue weighted by molar-refractivity contribution is 9.10. The number of halogens is 1. The largest absolute Gasteiger partial charge is 0.493 e. The van der Waals surface area contributed by atoms with Crippen molar-refractivity contribution in [1.29, 1.82) is 0 Å². The van der Waals surface area contributed by atoms with E-state index in [2.05, 4.69) is 31.1 Å². The zero-order valence-corrected chi connectivity index (χ0v) is 14.9. The van der Waals surface area contributed by atoms with Gasteiger partial charge in [-0.05, 0) is 46.3 Å². The minimum Gasteiger partial charge on any atom is -0.493 e. The van der Waals surface area contributed by atoms with Crippen LogP contribution in [0.25, 0.3) is 10.9 Å². The van der Waals surface area contributed by atoms with Crippen molar-refractivity contribution in [2.45, 2.75) is 4.90 Å². The Morgan fingerprint density at radius 3 is 2.48 bits per heavy atom. The van der Waals surface area contributed by atoms with Gasteiger partial charge in [-0.1, -0.05) is 12.1 Å². The van der Waals surface area contributed by atoms with E-state index in [0.717, 1.165) is 4.47 Å². The number of nitrogens with one attached hydrogen (secondary N) is 1. The monoisotopic (exact) mass is 422 g/mol. The Kier molecular flexibility index (Phi) is 4.41. The van der Waals surface area contributed by atoms with Crippen LogP contribution in [0.15, 0.2) is 62.1 Å². The highest BCUT2D eigenvalue weighted by Crippen LogP contribution is 2.38. The van der Waals surface area contributed by atoms with E-state index in [-0.39, 0.29) is 22.0 Å². The van der Waals surface area contributed by atoms with Gasteiger partial charge in [0, 0.05) is 15.4 Å². The number of aromatic nitrogens is 1. The molecule has 3 aromatic rings. The van der Waals surface area contributed by atoms with Crippen LogP contribution in [0, 0.1) is 0 Å². The first kappa shape index (κ1) is 17.3. The Morgan fingerprint density at radius 2 is 1.84 bits per heavy atom. The SMILES string of the molecule is NS(=O)(=O)c1ccc(C(=O)N=Nc2c(O)[nH]c3c(Br)cccc23)cc1. The molecule has 0 saturated heterocycles. The molecule has 25 heavy (non-hydrogen) atoms. The third-order valence-electron chi connectivity index (χ3n) is 3.41. The number of fused-ring (bicyclic) bond motifs is 1. The third kappa shape index (κ3) is 3.45. The number of para-hydroxylation sites is 1. The fraction of sp³-hybridized carbons (Fsp3) is 0. The van der Waals surface area contributed by atoms with E-state index in [4.69, 9.17) is 5.14 Å². The summed E-state index contributed by atoms with van der Waals surface area (Å²) >= 11 is 3.34. The molecule has 2 aromatic carbocycles. The molecule has 0 radical (unpaired) electrons. The predicted octanol–water partition coefficient (Wildman–Crippen LogP) is 3.21. The lowest BCUT2D eigenvalue weighted by molar-refractivity contribution is 0.0995. The molecule has 1 heterocycles. The molecule has 0 saturated carbocycles. The van der Waals surface area contributed by atoms with Crippen molar-refractivity contribution in [3.8, 4) is 5.88 Å². The quantitative estimate of drug-likeness (QED) is 0.557. The number of hydrogen-bond acceptors (Lipinski definition) is 5. The molecular weight excluding hydrogens is 412 g/mol. The maximum Gasteiger partial charge on any atom is 0.295 e. The van der Waals surface area contributed by atoms with Gasteiger partial charge in [0.1, 0.15) is 0 Å². The van der Waals surface area contributed by atoms with E-state index < -0.39 is 15.9 Å². The molecule has 8 nitrogen and oxygen atoms in total. The molecule has 4 N–H and O–H groups in total. The first-order valence-corrected chi connectivity index (χ1v) is 9.19. The normalized spacial score (nSPS) is 12.1. The van der Waals surface area contributed by atoms with Gasteiger partial charge in [-0.15, -0.1) is 10.2 Å². The van der Waals surface area contributed by atoms with Gasteiger partial charge in [0.2, 0.25) is 15.9 Å². The summed E-state index contributed by atoms with van der Waals surface area (Å²) in [6.45, 7) is 0. The van der Waals surface area contributed by atoms with Gasteiger partial charge < -0.3 is 10.1 Å². The van der Waals surface area contributed by atoms with Gasteiger partial charge in [0.05, 0.1) is 10.4 Å². The number of sulfonamides is 1. The number of benzene rings is 2. The van der Waals surface area contributed by atoms with Crippen molar-refractivity contribution in [2.24, 2.45) is 15.4 Å². The second-order valence-corrected chi connectivity index (χ2v) is 7.47. The maximum atomic E-state index is 12.1. The van der Waals surface area contributed by atoms with Crippen molar-refractivity contribution in [2.75, 3.05) is 0 Å². The number of azo groups is 1. The Labute approximate surface area is 150 Å². The van der Waals surface area contributed by atoms with Gasteiger partial charge >= 0.3 is 0 Å². The first-order valence-electron chi connectivity index (χ1n) is 6.85. The molecule has 0 bridgehead atoms. The van der Waals surface area contributed by atoms with E-state index in [9.17, 15) is 18.3 Å². The summed E-state index contributed by atoms with van der Waals surface area (Å²) in [6.07, 6.45) is 0. The molecule has 0 aliphatic heterocycles. The van der Waals surface area contributed by atoms with Crippen LogP contribution in [0.5, 0.6) is 5.88 Å². The molecule has 1 amide bonds. The molecular formula is C15H11BrN4O4S. The fourth-order valence-electron chi connectivity index (χ4n) is 2.20. The molecule has 0 unspecified atom stereocenters. The van der Waals surface area contributed by atoms with Crippen molar-refractivity contribution in [3.05, 3.63) is 52.5 Å². The average molecular weight is 423 g/mol. The minimum atomic E-state index is -3.83. The van der Waals surface area contributed by atoms with Gasteiger partial charge in [-0.25, -0.2) is 13.6 Å². The second-order valence-electron chi connectivity index (χ2n) is 5.06. The Hall–Kier alpha value is -2.56. The summed E-state index contributed by atoms with van der Waals surface area (Å²) in [5.41, 5.74) is 0.890. The van der Waals surface area contributed by atoms with E-state index in [1.807, 2.05) is 0 Å². The third-order valence-corrected chi connectivity index (χ3v) is 5.00. The number of H-pyrrole nitrogens is 1. The number of carbonyl (C=O) groups is 1. The minimum absolute atomic E-state index is 0.111. The van der Waals surface area contributed by atoms with E-state index in [1.165, 1.54) is 24.3 Å². The van der Waals surface area contributed by atoms with Crippen LogP contribution in [0.4, 0.5) is 5.69 Å². The number of nitrogens with two attached hydrogens (primary N) is 1. The number of hydrogen-bond donors (Lipinski definition) is 3. The first-order chi connectivity index (χ1) is 11.8. The van der Waals surface area contributed by atoms with Gasteiger partial charge in [0.25, 0.3) is 5.91 Å². The number of carbonyl (C=O) groups excluding carboxylic acids is 1. The number of rotatable bonds is 3. The number of aromatic hydroxyl groups is 1. The van der Waals surface area contributed by atoms with Crippen LogP contribution in [0.1, 0.15) is 10.4 Å². The van der Waals surface area contributed by atoms with Crippen molar-refractivity contribution >= 4 is 48.5 Å². The summed E-state index contributed by atoms with van der Waals surface area (Å²) in [6, 6.07) is 10.2. The van der Waals surface area contributed by atoms with Crippen LogP contribution >= 0.6 is 15.9 Å². The molecule has 0 spiro atoms. The zero-order chi connectivity index (χ0) is 18.2. The van der Waals surface area contributed by atoms with Crippen LogP contribution in [0.3, 0.4) is 0 Å². The van der Waals surface area contributed by atoms with Gasteiger partial charge in [-0.2, -0.15) is 0 Å². The summed E-state index contributed by atoms with van der Waals surface area (Å²) < 4.78 is 23.1. The smallest absolute Gasteiger partial charge is 0.295 e. The maximum absolute atomic E-state index is 12.1. The molecule has 128 valence electrons. The lowest BCUT2D eigenvalue weighted by Gasteiger charge is -1.98. The second kappa shape index (κ2) is 6.39. The average Bonchev–Trinajstić information content (AvgIpc) is 2.89. The standard InChI is InChI=1S/C15H11BrN4O4S/c16-11-3-1-2-10-12(11)18-15(22)13(10)19-20-14(21)8-4-6-9(7-5-8)25(17,23)24/h1-7,18,22H,(H2,17,23,24). The molecule has 0 aliphatic carbocycles. The molecule has 0 aliphatic rings. The van der Waals surface area contributed by atoms with E-state index >= 15 is 0 Å². The Morgan fingerprint density at radius 1 is 1.16 bits per heavy atom.